The lowest BCUT2D eigenvalue weighted by Gasteiger charge is -2.31. The van der Waals surface area contributed by atoms with Crippen molar-refractivity contribution in [2.24, 2.45) is 5.73 Å². The van der Waals surface area contributed by atoms with Crippen LogP contribution in [0, 0.1) is 0 Å². The van der Waals surface area contributed by atoms with Gasteiger partial charge in [0.1, 0.15) is 0 Å². The predicted molar refractivity (Wildman–Crippen MR) is 197 cm³/mol. The van der Waals surface area contributed by atoms with Crippen LogP contribution < -0.4 is 5.73 Å². The molecule has 0 fully saturated rings. The highest BCUT2D eigenvalue weighted by Crippen LogP contribution is 2.66. The van der Waals surface area contributed by atoms with E-state index in [1.807, 2.05) is 11.3 Å². The van der Waals surface area contributed by atoms with Crippen molar-refractivity contribution in [1.82, 2.24) is 0 Å². The molecule has 3 atom stereocenters. The molecule has 0 aliphatic heterocycles. The average molecular weight is 618 g/mol. The number of hydrogen-bond acceptors (Lipinski definition) is 2. The van der Waals surface area contributed by atoms with Crippen LogP contribution in [0.4, 0.5) is 0 Å². The van der Waals surface area contributed by atoms with Gasteiger partial charge < -0.3 is 5.73 Å². The Morgan fingerprint density at radius 3 is 1.98 bits per heavy atom. The second-order valence-corrected chi connectivity index (χ2v) is 14.0. The summed E-state index contributed by atoms with van der Waals surface area (Å²) in [6.07, 6.45) is 0. The normalized spacial score (nSPS) is 17.0. The molecule has 1 spiro atoms. The summed E-state index contributed by atoms with van der Waals surface area (Å²) < 4.78 is 1.34. The lowest BCUT2D eigenvalue weighted by molar-refractivity contribution is 0.631. The van der Waals surface area contributed by atoms with Crippen molar-refractivity contribution in [3.8, 4) is 22.3 Å². The Morgan fingerprint density at radius 2 is 1.13 bits per heavy atom. The summed E-state index contributed by atoms with van der Waals surface area (Å²) in [4.78, 5) is 1.43. The van der Waals surface area contributed by atoms with E-state index in [4.69, 9.17) is 5.73 Å². The predicted octanol–water partition coefficient (Wildman–Crippen LogP) is 11.2. The van der Waals surface area contributed by atoms with Gasteiger partial charge in [-0.15, -0.1) is 11.3 Å². The van der Waals surface area contributed by atoms with Crippen molar-refractivity contribution in [3.63, 3.8) is 0 Å². The summed E-state index contributed by atoms with van der Waals surface area (Å²) in [5, 5.41) is 3.83. The molecule has 8 aromatic rings. The molecule has 0 radical (unpaired) electrons. The van der Waals surface area contributed by atoms with Gasteiger partial charge in [-0.25, -0.2) is 0 Å². The van der Waals surface area contributed by atoms with Gasteiger partial charge in [-0.3, -0.25) is 0 Å². The summed E-state index contributed by atoms with van der Waals surface area (Å²) in [6, 6.07) is 60.1. The second-order valence-electron chi connectivity index (χ2n) is 12.9. The lowest BCUT2D eigenvalue weighted by Crippen LogP contribution is -2.26. The Bertz CT molecular complexity index is 2500. The van der Waals surface area contributed by atoms with Gasteiger partial charge in [0, 0.05) is 32.5 Å². The van der Waals surface area contributed by atoms with E-state index in [2.05, 4.69) is 164 Å². The first-order valence-electron chi connectivity index (χ1n) is 16.4. The molecule has 1 nitrogen and oxygen atoms in total. The van der Waals surface area contributed by atoms with E-state index < -0.39 is 5.41 Å². The highest BCUT2D eigenvalue weighted by molar-refractivity contribution is 7.20. The molecular weight excluding hydrogens is 587 g/mol. The quantitative estimate of drug-likeness (QED) is 0.209. The van der Waals surface area contributed by atoms with Gasteiger partial charge in [0.2, 0.25) is 0 Å². The molecule has 1 aromatic heterocycles. The Kier molecular flexibility index (Phi) is 5.78. The number of nitrogens with two attached hydrogens (primary N) is 1. The fourth-order valence-electron chi connectivity index (χ4n) is 8.72. The van der Waals surface area contributed by atoms with Crippen LogP contribution in [-0.4, -0.2) is 0 Å². The average Bonchev–Trinajstić information content (AvgIpc) is 3.76. The first-order valence-corrected chi connectivity index (χ1v) is 17.2. The molecule has 3 unspecified atom stereocenters. The molecule has 0 saturated heterocycles. The number of fused-ring (bicyclic) bond motifs is 13. The smallest absolute Gasteiger partial charge is 0.0819 e. The van der Waals surface area contributed by atoms with Crippen molar-refractivity contribution >= 4 is 32.2 Å². The topological polar surface area (TPSA) is 26.0 Å². The van der Waals surface area contributed by atoms with Gasteiger partial charge in [-0.1, -0.05) is 158 Å². The molecule has 2 heteroatoms. The maximum Gasteiger partial charge on any atom is 0.0819 e. The van der Waals surface area contributed by atoms with Gasteiger partial charge in [0.25, 0.3) is 0 Å². The van der Waals surface area contributed by atoms with Crippen LogP contribution in [0.5, 0.6) is 0 Å². The number of hydrogen-bond donors (Lipinski definition) is 1. The van der Waals surface area contributed by atoms with Gasteiger partial charge in [-0.05, 0) is 66.9 Å². The van der Waals surface area contributed by atoms with Gasteiger partial charge in [-0.2, -0.15) is 0 Å². The summed E-state index contributed by atoms with van der Waals surface area (Å²) >= 11 is 1.96. The fourth-order valence-corrected chi connectivity index (χ4v) is 10.2. The van der Waals surface area contributed by atoms with Crippen LogP contribution in [0.2, 0.25) is 0 Å². The maximum absolute atomic E-state index is 7.37. The number of rotatable bonds is 4. The highest BCUT2D eigenvalue weighted by Gasteiger charge is 2.53. The molecule has 0 bridgehead atoms. The molecular formula is C45H31NS. The van der Waals surface area contributed by atoms with E-state index >= 15 is 0 Å². The van der Waals surface area contributed by atoms with E-state index in [9.17, 15) is 0 Å². The molecule has 0 saturated carbocycles. The minimum Gasteiger partial charge on any atom is -0.323 e. The van der Waals surface area contributed by atoms with Crippen LogP contribution >= 0.6 is 11.3 Å². The van der Waals surface area contributed by atoms with E-state index in [-0.39, 0.29) is 12.0 Å². The summed E-state index contributed by atoms with van der Waals surface area (Å²) in [7, 11) is 0. The Hall–Kier alpha value is -5.28. The summed E-state index contributed by atoms with van der Waals surface area (Å²) in [5.41, 5.74) is 20.1. The zero-order chi connectivity index (χ0) is 31.1. The van der Waals surface area contributed by atoms with Crippen molar-refractivity contribution in [2.45, 2.75) is 17.4 Å². The van der Waals surface area contributed by atoms with Crippen LogP contribution in [0.25, 0.3) is 43.1 Å². The molecule has 0 amide bonds. The second kappa shape index (κ2) is 10.1. The Balaban J connectivity index is 1.29. The van der Waals surface area contributed by atoms with Crippen LogP contribution in [0.15, 0.2) is 164 Å². The van der Waals surface area contributed by atoms with Crippen LogP contribution in [-0.2, 0) is 5.41 Å². The third-order valence-electron chi connectivity index (χ3n) is 10.7. The Morgan fingerprint density at radius 1 is 0.489 bits per heavy atom. The molecule has 2 N–H and O–H groups in total. The number of benzene rings is 7. The van der Waals surface area contributed by atoms with Gasteiger partial charge in [0.15, 0.2) is 0 Å². The fraction of sp³-hybridized carbons (Fsp3) is 0.0667. The van der Waals surface area contributed by atoms with E-state index in [1.54, 1.807) is 0 Å². The summed E-state index contributed by atoms with van der Waals surface area (Å²) in [5.74, 6) is -0.0481. The van der Waals surface area contributed by atoms with E-state index in [0.717, 1.165) is 5.56 Å². The van der Waals surface area contributed by atoms with Crippen molar-refractivity contribution in [1.29, 1.82) is 0 Å². The van der Waals surface area contributed by atoms with Crippen molar-refractivity contribution in [2.75, 3.05) is 0 Å². The van der Waals surface area contributed by atoms with Gasteiger partial charge >= 0.3 is 0 Å². The van der Waals surface area contributed by atoms with E-state index in [1.165, 1.54) is 75.8 Å². The summed E-state index contributed by atoms with van der Waals surface area (Å²) in [6.45, 7) is 0. The van der Waals surface area contributed by atoms with Gasteiger partial charge in [0.05, 0.1) is 5.41 Å². The monoisotopic (exact) mass is 617 g/mol. The minimum atomic E-state index is -0.391. The van der Waals surface area contributed by atoms with Crippen molar-refractivity contribution < 1.29 is 0 Å². The first-order chi connectivity index (χ1) is 23.2. The maximum atomic E-state index is 7.37. The third-order valence-corrected chi connectivity index (χ3v) is 12.0. The molecule has 2 aliphatic carbocycles. The highest BCUT2D eigenvalue weighted by atomic mass is 32.1. The SMILES string of the molecule is NC(c1ccccc1)C(c1ccc2c(c1)C1(c3ccccc3-2)c2ccccc2-c2c1sc1ccccc21)c1cccc2ccccc12. The Labute approximate surface area is 278 Å². The molecule has 222 valence electrons. The number of thiophene rings is 1. The van der Waals surface area contributed by atoms with E-state index in [0.29, 0.717) is 0 Å². The molecule has 7 aromatic carbocycles. The third kappa shape index (κ3) is 3.63. The van der Waals surface area contributed by atoms with Crippen molar-refractivity contribution in [3.05, 3.63) is 202 Å². The molecule has 2 aliphatic rings. The van der Waals surface area contributed by atoms with Crippen LogP contribution in [0.3, 0.4) is 0 Å². The molecule has 1 heterocycles. The zero-order valence-electron chi connectivity index (χ0n) is 25.7. The van der Waals surface area contributed by atoms with Crippen LogP contribution in [0.1, 0.15) is 50.2 Å². The standard InChI is InChI=1S/C45H31NS/c46-43(29-14-2-1-3-15-29)41(34-21-12-16-28-13-4-5-17-31(28)34)30-25-26-33-32-18-6-9-22-37(32)45(39(33)27-30)38-23-10-7-19-35(38)42-36-20-8-11-24-40(36)47-44(42)45/h1-27,41,43H,46H2. The lowest BCUT2D eigenvalue weighted by atomic mass is 9.72. The molecule has 10 rings (SSSR count). The largest absolute Gasteiger partial charge is 0.323 e. The molecule has 47 heavy (non-hydrogen) atoms. The minimum absolute atomic E-state index is 0.0481. The first kappa shape index (κ1) is 26.9. The zero-order valence-corrected chi connectivity index (χ0v) is 26.5.